The van der Waals surface area contributed by atoms with Gasteiger partial charge >= 0.3 is 0 Å². The van der Waals surface area contributed by atoms with E-state index in [0.29, 0.717) is 18.1 Å². The molecule has 0 saturated carbocycles. The predicted octanol–water partition coefficient (Wildman–Crippen LogP) is 2.83. The number of hydrogen-bond acceptors (Lipinski definition) is 4. The Bertz CT molecular complexity index is 799. The lowest BCUT2D eigenvalue weighted by Crippen LogP contribution is -2.01. The number of nitrogens with one attached hydrogen (secondary N) is 1. The molecule has 2 aromatic heterocycles. The maximum Gasteiger partial charge on any atom is 0.168 e. The third-order valence-corrected chi connectivity index (χ3v) is 3.25. The monoisotopic (exact) mass is 278 g/mol. The Balaban J connectivity index is 1.83. The Morgan fingerprint density at radius 3 is 2.76 bits per heavy atom. The average Bonchev–Trinajstić information content (AvgIpc) is 2.91. The first kappa shape index (κ1) is 13.0. The van der Waals surface area contributed by atoms with Crippen LogP contribution in [-0.2, 0) is 6.54 Å². The second kappa shape index (κ2) is 5.55. The normalized spacial score (nSPS) is 10.3. The molecule has 0 aliphatic rings. The lowest BCUT2D eigenvalue weighted by molar-refractivity contribution is 0.414. The first-order chi connectivity index (χ1) is 10.3. The van der Waals surface area contributed by atoms with Crippen molar-refractivity contribution in [2.24, 2.45) is 0 Å². The standard InChI is InChI=1S/C16H14N4O/c1-21-13-7-5-12(6-8-13)11-18-16-14(10-17)20-9-3-2-4-15(20)19-16/h2-9,18H,11H2,1H3. The number of benzene rings is 1. The van der Waals surface area contributed by atoms with E-state index < -0.39 is 0 Å². The second-order valence-corrected chi connectivity index (χ2v) is 4.55. The van der Waals surface area contributed by atoms with Gasteiger partial charge in [-0.15, -0.1) is 0 Å². The molecule has 3 aromatic rings. The number of nitrogens with zero attached hydrogens (tertiary/aromatic N) is 3. The molecule has 0 bridgehead atoms. The molecule has 1 aromatic carbocycles. The van der Waals surface area contributed by atoms with Crippen LogP contribution in [0.4, 0.5) is 5.82 Å². The molecular formula is C16H14N4O. The van der Waals surface area contributed by atoms with Crippen LogP contribution in [0.2, 0.25) is 0 Å². The lowest BCUT2D eigenvalue weighted by Gasteiger charge is -2.05. The molecule has 0 spiro atoms. The molecule has 21 heavy (non-hydrogen) atoms. The number of aromatic nitrogens is 2. The predicted molar refractivity (Wildman–Crippen MR) is 80.2 cm³/mol. The van der Waals surface area contributed by atoms with E-state index in [-0.39, 0.29) is 0 Å². The molecule has 0 unspecified atom stereocenters. The summed E-state index contributed by atoms with van der Waals surface area (Å²) < 4.78 is 6.90. The van der Waals surface area contributed by atoms with Crippen LogP contribution in [0, 0.1) is 11.3 Å². The molecule has 5 heteroatoms. The third-order valence-electron chi connectivity index (χ3n) is 3.25. The highest BCUT2D eigenvalue weighted by molar-refractivity contribution is 5.59. The molecule has 3 rings (SSSR count). The summed E-state index contributed by atoms with van der Waals surface area (Å²) in [6.07, 6.45) is 1.83. The topological polar surface area (TPSA) is 62.4 Å². The molecule has 0 atom stereocenters. The number of pyridine rings is 1. The van der Waals surface area contributed by atoms with Gasteiger partial charge in [0.15, 0.2) is 11.5 Å². The average molecular weight is 278 g/mol. The lowest BCUT2D eigenvalue weighted by atomic mass is 10.2. The van der Waals surface area contributed by atoms with Crippen LogP contribution in [0.5, 0.6) is 5.75 Å². The molecule has 104 valence electrons. The number of nitriles is 1. The number of ether oxygens (including phenoxy) is 1. The maximum absolute atomic E-state index is 9.30. The first-order valence-corrected chi connectivity index (χ1v) is 6.56. The van der Waals surface area contributed by atoms with Gasteiger partial charge in [-0.1, -0.05) is 18.2 Å². The smallest absolute Gasteiger partial charge is 0.168 e. The minimum Gasteiger partial charge on any atom is -0.497 e. The number of hydrogen-bond donors (Lipinski definition) is 1. The number of anilines is 1. The second-order valence-electron chi connectivity index (χ2n) is 4.55. The molecule has 1 N–H and O–H groups in total. The van der Waals surface area contributed by atoms with E-state index >= 15 is 0 Å². The number of methoxy groups -OCH3 is 1. The molecular weight excluding hydrogens is 264 g/mol. The number of rotatable bonds is 4. The minimum absolute atomic E-state index is 0.513. The van der Waals surface area contributed by atoms with Crippen molar-refractivity contribution in [3.8, 4) is 11.8 Å². The summed E-state index contributed by atoms with van der Waals surface area (Å²) in [6, 6.07) is 15.6. The van der Waals surface area contributed by atoms with Crippen LogP contribution in [0.3, 0.4) is 0 Å². The minimum atomic E-state index is 0.513. The van der Waals surface area contributed by atoms with Crippen molar-refractivity contribution in [3.63, 3.8) is 0 Å². The summed E-state index contributed by atoms with van der Waals surface area (Å²) in [6.45, 7) is 0.600. The van der Waals surface area contributed by atoms with Crippen molar-refractivity contribution in [3.05, 3.63) is 59.9 Å². The molecule has 0 aliphatic carbocycles. The van der Waals surface area contributed by atoms with Gasteiger partial charge in [0.05, 0.1) is 7.11 Å². The zero-order chi connectivity index (χ0) is 14.7. The van der Waals surface area contributed by atoms with Crippen LogP contribution in [0.25, 0.3) is 5.65 Å². The fourth-order valence-corrected chi connectivity index (χ4v) is 2.16. The van der Waals surface area contributed by atoms with Gasteiger partial charge < -0.3 is 10.1 Å². The summed E-state index contributed by atoms with van der Waals surface area (Å²) in [4.78, 5) is 4.44. The van der Waals surface area contributed by atoms with Crippen molar-refractivity contribution in [1.82, 2.24) is 9.38 Å². The number of imidazole rings is 1. The largest absolute Gasteiger partial charge is 0.497 e. The summed E-state index contributed by atoms with van der Waals surface area (Å²) in [5.41, 5.74) is 2.36. The van der Waals surface area contributed by atoms with Gasteiger partial charge in [0.2, 0.25) is 0 Å². The summed E-state index contributed by atoms with van der Waals surface area (Å²) in [7, 11) is 1.64. The SMILES string of the molecule is COc1ccc(CNc2nc3ccccn3c2C#N)cc1. The van der Waals surface area contributed by atoms with Crippen LogP contribution < -0.4 is 10.1 Å². The fraction of sp³-hybridized carbons (Fsp3) is 0.125. The van der Waals surface area contributed by atoms with Crippen molar-refractivity contribution in [1.29, 1.82) is 5.26 Å². The molecule has 0 saturated heterocycles. The molecule has 0 amide bonds. The van der Waals surface area contributed by atoms with Gasteiger partial charge in [0, 0.05) is 12.7 Å². The van der Waals surface area contributed by atoms with E-state index in [1.807, 2.05) is 48.7 Å². The van der Waals surface area contributed by atoms with Crippen molar-refractivity contribution < 1.29 is 4.74 Å². The highest BCUT2D eigenvalue weighted by Gasteiger charge is 2.10. The zero-order valence-corrected chi connectivity index (χ0v) is 11.6. The molecule has 2 heterocycles. The highest BCUT2D eigenvalue weighted by Crippen LogP contribution is 2.18. The van der Waals surface area contributed by atoms with Crippen LogP contribution in [-0.4, -0.2) is 16.5 Å². The summed E-state index contributed by atoms with van der Waals surface area (Å²) in [5.74, 6) is 1.42. The Kier molecular flexibility index (Phi) is 3.44. The van der Waals surface area contributed by atoms with E-state index in [0.717, 1.165) is 17.0 Å². The molecule has 0 fully saturated rings. The van der Waals surface area contributed by atoms with Crippen molar-refractivity contribution >= 4 is 11.5 Å². The van der Waals surface area contributed by atoms with Crippen molar-refractivity contribution in [2.75, 3.05) is 12.4 Å². The Morgan fingerprint density at radius 1 is 1.24 bits per heavy atom. The van der Waals surface area contributed by atoms with E-state index in [1.165, 1.54) is 0 Å². The van der Waals surface area contributed by atoms with Gasteiger partial charge in [-0.3, -0.25) is 4.40 Å². The summed E-state index contributed by atoms with van der Waals surface area (Å²) in [5, 5.41) is 12.5. The van der Waals surface area contributed by atoms with E-state index in [9.17, 15) is 5.26 Å². The molecule has 0 radical (unpaired) electrons. The van der Waals surface area contributed by atoms with Gasteiger partial charge in [0.25, 0.3) is 0 Å². The Labute approximate surface area is 122 Å². The van der Waals surface area contributed by atoms with Gasteiger partial charge in [0.1, 0.15) is 17.5 Å². The third kappa shape index (κ3) is 2.51. The molecule has 0 aliphatic heterocycles. The van der Waals surface area contributed by atoms with Crippen LogP contribution in [0.1, 0.15) is 11.3 Å². The van der Waals surface area contributed by atoms with Gasteiger partial charge in [-0.25, -0.2) is 4.98 Å². The quantitative estimate of drug-likeness (QED) is 0.797. The summed E-state index contributed by atoms with van der Waals surface area (Å²) >= 11 is 0. The van der Waals surface area contributed by atoms with Crippen LogP contribution in [0.15, 0.2) is 48.7 Å². The Morgan fingerprint density at radius 2 is 2.05 bits per heavy atom. The van der Waals surface area contributed by atoms with Gasteiger partial charge in [-0.2, -0.15) is 5.26 Å². The maximum atomic E-state index is 9.30. The van der Waals surface area contributed by atoms with Gasteiger partial charge in [-0.05, 0) is 29.8 Å². The fourth-order valence-electron chi connectivity index (χ4n) is 2.16. The Hall–Kier alpha value is -3.00. The highest BCUT2D eigenvalue weighted by atomic mass is 16.5. The van der Waals surface area contributed by atoms with E-state index in [2.05, 4.69) is 16.4 Å². The van der Waals surface area contributed by atoms with E-state index in [1.54, 1.807) is 11.5 Å². The zero-order valence-electron chi connectivity index (χ0n) is 11.6. The van der Waals surface area contributed by atoms with Crippen molar-refractivity contribution in [2.45, 2.75) is 6.54 Å². The van der Waals surface area contributed by atoms with E-state index in [4.69, 9.17) is 4.74 Å². The first-order valence-electron chi connectivity index (χ1n) is 6.56. The molecule has 5 nitrogen and oxygen atoms in total. The van der Waals surface area contributed by atoms with Crippen LogP contribution >= 0.6 is 0 Å². The number of fused-ring (bicyclic) bond motifs is 1.